The molecule has 0 aromatic heterocycles. The van der Waals surface area contributed by atoms with Crippen LogP contribution in [0, 0.1) is 19.8 Å². The summed E-state index contributed by atoms with van der Waals surface area (Å²) in [6, 6.07) is 12.0. The van der Waals surface area contributed by atoms with Gasteiger partial charge in [0.15, 0.2) is 0 Å². The molecule has 5 nitrogen and oxygen atoms in total. The third-order valence-corrected chi connectivity index (χ3v) is 6.83. The molecule has 2 aromatic carbocycles. The molecule has 1 fully saturated rings. The van der Waals surface area contributed by atoms with Crippen molar-refractivity contribution in [1.82, 2.24) is 4.31 Å². The zero-order valence-corrected chi connectivity index (χ0v) is 17.0. The van der Waals surface area contributed by atoms with Gasteiger partial charge in [-0.1, -0.05) is 17.7 Å². The number of carbonyl (C=O) groups excluding carboxylic acids is 1. The van der Waals surface area contributed by atoms with Gasteiger partial charge in [-0.3, -0.25) is 4.79 Å². The minimum Gasteiger partial charge on any atom is -0.326 e. The second kappa shape index (κ2) is 8.00. The van der Waals surface area contributed by atoms with Crippen LogP contribution in [-0.4, -0.2) is 31.7 Å². The summed E-state index contributed by atoms with van der Waals surface area (Å²) in [5.74, 6) is -0.516. The first-order valence-corrected chi connectivity index (χ1v) is 10.7. The van der Waals surface area contributed by atoms with Crippen LogP contribution in [0.5, 0.6) is 0 Å². The maximum atomic E-state index is 12.9. The minimum absolute atomic E-state index is 0.143. The van der Waals surface area contributed by atoms with E-state index in [0.717, 1.165) is 16.8 Å². The van der Waals surface area contributed by atoms with Gasteiger partial charge in [0.2, 0.25) is 15.9 Å². The number of carbonyl (C=O) groups is 1. The Labute approximate surface area is 165 Å². The van der Waals surface area contributed by atoms with Gasteiger partial charge in [0.05, 0.1) is 10.8 Å². The lowest BCUT2D eigenvalue weighted by molar-refractivity contribution is -0.120. The van der Waals surface area contributed by atoms with Gasteiger partial charge in [-0.2, -0.15) is 4.31 Å². The van der Waals surface area contributed by atoms with E-state index in [-0.39, 0.29) is 23.3 Å². The van der Waals surface area contributed by atoms with Crippen LogP contribution >= 0.6 is 11.6 Å². The van der Waals surface area contributed by atoms with Gasteiger partial charge in [-0.05, 0) is 74.2 Å². The molecule has 1 amide bonds. The molecule has 0 saturated carbocycles. The lowest BCUT2D eigenvalue weighted by atomic mass is 9.98. The summed E-state index contributed by atoms with van der Waals surface area (Å²) in [4.78, 5) is 12.9. The van der Waals surface area contributed by atoms with Crippen molar-refractivity contribution in [2.75, 3.05) is 18.4 Å². The molecule has 7 heteroatoms. The number of rotatable bonds is 4. The van der Waals surface area contributed by atoms with E-state index in [9.17, 15) is 13.2 Å². The van der Waals surface area contributed by atoms with Crippen molar-refractivity contribution >= 4 is 33.2 Å². The molecular weight excluding hydrogens is 384 g/mol. The maximum Gasteiger partial charge on any atom is 0.243 e. The molecule has 27 heavy (non-hydrogen) atoms. The molecular formula is C20H23ClN2O3S. The van der Waals surface area contributed by atoms with E-state index in [1.165, 1.54) is 16.4 Å². The van der Waals surface area contributed by atoms with Gasteiger partial charge in [0.1, 0.15) is 0 Å². The van der Waals surface area contributed by atoms with Gasteiger partial charge in [-0.25, -0.2) is 8.42 Å². The first-order chi connectivity index (χ1) is 12.8. The molecule has 0 radical (unpaired) electrons. The number of nitrogens with one attached hydrogen (secondary N) is 1. The fourth-order valence-electron chi connectivity index (χ4n) is 3.42. The number of benzene rings is 2. The highest BCUT2D eigenvalue weighted by Gasteiger charge is 2.33. The number of nitrogens with zero attached hydrogens (tertiary/aromatic N) is 1. The second-order valence-electron chi connectivity index (χ2n) is 7.02. The maximum absolute atomic E-state index is 12.9. The molecule has 1 N–H and O–H groups in total. The van der Waals surface area contributed by atoms with Crippen molar-refractivity contribution in [3.8, 4) is 0 Å². The summed E-state index contributed by atoms with van der Waals surface area (Å²) in [5.41, 5.74) is 2.89. The Bertz CT molecular complexity index is 922. The molecule has 1 unspecified atom stereocenters. The van der Waals surface area contributed by atoms with Crippen molar-refractivity contribution in [3.05, 3.63) is 58.6 Å². The fourth-order valence-corrected chi connectivity index (χ4v) is 5.07. The Kier molecular flexibility index (Phi) is 5.89. The van der Waals surface area contributed by atoms with E-state index >= 15 is 0 Å². The summed E-state index contributed by atoms with van der Waals surface area (Å²) in [6.45, 7) is 4.55. The summed E-state index contributed by atoms with van der Waals surface area (Å²) < 4.78 is 27.1. The van der Waals surface area contributed by atoms with Crippen molar-refractivity contribution in [2.24, 2.45) is 5.92 Å². The number of halogens is 1. The van der Waals surface area contributed by atoms with Gasteiger partial charge in [0.25, 0.3) is 0 Å². The van der Waals surface area contributed by atoms with Crippen LogP contribution in [0.3, 0.4) is 0 Å². The van der Waals surface area contributed by atoms with Crippen molar-refractivity contribution in [2.45, 2.75) is 31.6 Å². The van der Waals surface area contributed by atoms with E-state index in [2.05, 4.69) is 5.32 Å². The van der Waals surface area contributed by atoms with E-state index in [1.807, 2.05) is 32.0 Å². The third-order valence-electron chi connectivity index (χ3n) is 4.70. The zero-order chi connectivity index (χ0) is 19.6. The minimum atomic E-state index is -3.64. The summed E-state index contributed by atoms with van der Waals surface area (Å²) in [7, 11) is -3.64. The molecule has 1 aliphatic heterocycles. The predicted molar refractivity (Wildman–Crippen MR) is 107 cm³/mol. The van der Waals surface area contributed by atoms with Gasteiger partial charge in [0, 0.05) is 23.8 Å². The fraction of sp³-hybridized carbons (Fsp3) is 0.350. The molecule has 2 aromatic rings. The monoisotopic (exact) mass is 406 g/mol. The Morgan fingerprint density at radius 2 is 1.74 bits per heavy atom. The Morgan fingerprint density at radius 1 is 1.11 bits per heavy atom. The first kappa shape index (κ1) is 19.9. The number of anilines is 1. The number of amides is 1. The quantitative estimate of drug-likeness (QED) is 0.834. The third kappa shape index (κ3) is 4.69. The van der Waals surface area contributed by atoms with E-state index in [4.69, 9.17) is 11.6 Å². The smallest absolute Gasteiger partial charge is 0.243 e. The van der Waals surface area contributed by atoms with Crippen LogP contribution in [0.2, 0.25) is 5.02 Å². The van der Waals surface area contributed by atoms with Crippen LogP contribution in [0.4, 0.5) is 5.69 Å². The van der Waals surface area contributed by atoms with Gasteiger partial charge < -0.3 is 5.32 Å². The highest BCUT2D eigenvalue weighted by molar-refractivity contribution is 7.89. The number of hydrogen-bond donors (Lipinski definition) is 1. The molecule has 1 aliphatic rings. The Morgan fingerprint density at radius 3 is 2.37 bits per heavy atom. The summed E-state index contributed by atoms with van der Waals surface area (Å²) >= 11 is 5.85. The molecule has 0 aliphatic carbocycles. The van der Waals surface area contributed by atoms with Crippen LogP contribution < -0.4 is 5.32 Å². The van der Waals surface area contributed by atoms with Crippen LogP contribution in [-0.2, 0) is 14.8 Å². The average molecular weight is 407 g/mol. The van der Waals surface area contributed by atoms with Gasteiger partial charge in [-0.15, -0.1) is 0 Å². The lowest BCUT2D eigenvalue weighted by Crippen LogP contribution is -2.43. The standard InChI is InChI=1S/C20H23ClN2O3S/c1-14-10-15(2)12-18(11-14)22-20(24)16-4-3-9-23(13-16)27(25,26)19-7-5-17(21)6-8-19/h5-8,10-12,16H,3-4,9,13H2,1-2H3,(H,22,24). The van der Waals surface area contributed by atoms with Crippen molar-refractivity contribution < 1.29 is 13.2 Å². The van der Waals surface area contributed by atoms with Crippen molar-refractivity contribution in [1.29, 1.82) is 0 Å². The number of aryl methyl sites for hydroxylation is 2. The van der Waals surface area contributed by atoms with E-state index in [1.54, 1.807) is 12.1 Å². The van der Waals surface area contributed by atoms with Crippen LogP contribution in [0.15, 0.2) is 47.4 Å². The highest BCUT2D eigenvalue weighted by Crippen LogP contribution is 2.26. The highest BCUT2D eigenvalue weighted by atomic mass is 35.5. The molecule has 0 bridgehead atoms. The predicted octanol–water partition coefficient (Wildman–Crippen LogP) is 4.00. The lowest BCUT2D eigenvalue weighted by Gasteiger charge is -2.31. The summed E-state index contributed by atoms with van der Waals surface area (Å²) in [5, 5.41) is 3.42. The van der Waals surface area contributed by atoms with E-state index < -0.39 is 10.0 Å². The molecule has 144 valence electrons. The first-order valence-electron chi connectivity index (χ1n) is 8.90. The Hall–Kier alpha value is -1.89. The van der Waals surface area contributed by atoms with Gasteiger partial charge >= 0.3 is 0 Å². The van der Waals surface area contributed by atoms with E-state index in [0.29, 0.717) is 24.4 Å². The normalized spacial score (nSPS) is 18.3. The second-order valence-corrected chi connectivity index (χ2v) is 9.40. The molecule has 1 heterocycles. The van der Waals surface area contributed by atoms with Crippen LogP contribution in [0.25, 0.3) is 0 Å². The average Bonchev–Trinajstić information content (AvgIpc) is 2.61. The van der Waals surface area contributed by atoms with Crippen LogP contribution in [0.1, 0.15) is 24.0 Å². The topological polar surface area (TPSA) is 66.5 Å². The molecule has 0 spiro atoms. The Balaban J connectivity index is 1.73. The SMILES string of the molecule is Cc1cc(C)cc(NC(=O)C2CCCN(S(=O)(=O)c3ccc(Cl)cc3)C2)c1. The van der Waals surface area contributed by atoms with Crippen molar-refractivity contribution in [3.63, 3.8) is 0 Å². The number of piperidine rings is 1. The molecule has 3 rings (SSSR count). The zero-order valence-electron chi connectivity index (χ0n) is 15.4. The number of hydrogen-bond acceptors (Lipinski definition) is 3. The summed E-state index contributed by atoms with van der Waals surface area (Å²) in [6.07, 6.45) is 1.32. The largest absolute Gasteiger partial charge is 0.326 e. The number of sulfonamides is 1. The molecule has 1 saturated heterocycles. The molecule has 1 atom stereocenters.